The highest BCUT2D eigenvalue weighted by molar-refractivity contribution is 6.15. The third-order valence-corrected chi connectivity index (χ3v) is 5.60. The van der Waals surface area contributed by atoms with E-state index in [1.165, 1.54) is 0 Å². The Morgan fingerprint density at radius 1 is 0.906 bits per heavy atom. The lowest BCUT2D eigenvalue weighted by atomic mass is 9.97. The van der Waals surface area contributed by atoms with Crippen LogP contribution in [0.4, 0.5) is 5.69 Å². The molecule has 0 aliphatic carbocycles. The Morgan fingerprint density at radius 2 is 1.56 bits per heavy atom. The SMILES string of the molecule is CC(CNC(=O)c1ccccc1C(=O)c1ccc2c(c1)OCCO2)N(C)c1ccccc1. The standard InChI is InChI=1S/C26H26N2O4/c1-18(28(2)20-8-4-3-5-9-20)17-27-26(30)22-11-7-6-10-21(22)25(29)19-12-13-23-24(16-19)32-15-14-31-23/h3-13,16,18H,14-15,17H2,1-2H3,(H,27,30). The van der Waals surface area contributed by atoms with Crippen molar-refractivity contribution in [1.82, 2.24) is 5.32 Å². The van der Waals surface area contributed by atoms with E-state index in [9.17, 15) is 9.59 Å². The van der Waals surface area contributed by atoms with Gasteiger partial charge >= 0.3 is 0 Å². The van der Waals surface area contributed by atoms with Crippen LogP contribution in [0.25, 0.3) is 0 Å². The minimum Gasteiger partial charge on any atom is -0.486 e. The monoisotopic (exact) mass is 430 g/mol. The molecule has 6 nitrogen and oxygen atoms in total. The van der Waals surface area contributed by atoms with Crippen LogP contribution >= 0.6 is 0 Å². The van der Waals surface area contributed by atoms with Gasteiger partial charge in [0.1, 0.15) is 13.2 Å². The first-order chi connectivity index (χ1) is 15.5. The molecule has 0 saturated heterocycles. The number of carbonyl (C=O) groups excluding carboxylic acids is 2. The fourth-order valence-corrected chi connectivity index (χ4v) is 3.61. The molecule has 1 heterocycles. The summed E-state index contributed by atoms with van der Waals surface area (Å²) in [4.78, 5) is 28.3. The highest BCUT2D eigenvalue weighted by Gasteiger charge is 2.21. The maximum Gasteiger partial charge on any atom is 0.252 e. The number of ketones is 1. The summed E-state index contributed by atoms with van der Waals surface area (Å²) in [5.74, 6) is 0.652. The van der Waals surface area contributed by atoms with Gasteiger partial charge in [0.2, 0.25) is 0 Å². The summed E-state index contributed by atoms with van der Waals surface area (Å²) in [6.45, 7) is 3.41. The highest BCUT2D eigenvalue weighted by Crippen LogP contribution is 2.31. The summed E-state index contributed by atoms with van der Waals surface area (Å²) >= 11 is 0. The lowest BCUT2D eigenvalue weighted by Crippen LogP contribution is -2.40. The van der Waals surface area contributed by atoms with Crippen molar-refractivity contribution in [1.29, 1.82) is 0 Å². The molecule has 3 aromatic rings. The van der Waals surface area contributed by atoms with E-state index in [1.54, 1.807) is 42.5 Å². The number of nitrogens with zero attached hydrogens (tertiary/aromatic N) is 1. The predicted octanol–water partition coefficient (Wildman–Crippen LogP) is 3.94. The van der Waals surface area contributed by atoms with Crippen LogP contribution in [0.3, 0.4) is 0 Å². The number of rotatable bonds is 7. The number of ether oxygens (including phenoxy) is 2. The smallest absolute Gasteiger partial charge is 0.252 e. The maximum atomic E-state index is 13.2. The van der Waals surface area contributed by atoms with Crippen LogP contribution in [-0.4, -0.2) is 44.5 Å². The Labute approximate surface area is 187 Å². The van der Waals surface area contributed by atoms with Gasteiger partial charge in [-0.2, -0.15) is 0 Å². The van der Waals surface area contributed by atoms with Gasteiger partial charge in [-0.1, -0.05) is 36.4 Å². The van der Waals surface area contributed by atoms with Crippen LogP contribution in [0.1, 0.15) is 33.2 Å². The van der Waals surface area contributed by atoms with E-state index < -0.39 is 0 Å². The number of likely N-dealkylation sites (N-methyl/N-ethyl adjacent to an activating group) is 1. The number of nitrogens with one attached hydrogen (secondary N) is 1. The lowest BCUT2D eigenvalue weighted by Gasteiger charge is -2.27. The zero-order valence-electron chi connectivity index (χ0n) is 18.2. The molecule has 164 valence electrons. The molecule has 4 rings (SSSR count). The zero-order valence-corrected chi connectivity index (χ0v) is 18.2. The molecule has 3 aromatic carbocycles. The third kappa shape index (κ3) is 4.59. The molecule has 0 aromatic heterocycles. The average molecular weight is 431 g/mol. The maximum absolute atomic E-state index is 13.2. The Morgan fingerprint density at radius 3 is 2.31 bits per heavy atom. The molecule has 1 unspecified atom stereocenters. The number of benzene rings is 3. The molecule has 0 fully saturated rings. The van der Waals surface area contributed by atoms with Crippen LogP contribution < -0.4 is 19.7 Å². The summed E-state index contributed by atoms with van der Waals surface area (Å²) in [5.41, 5.74) is 2.22. The zero-order chi connectivity index (χ0) is 22.5. The van der Waals surface area contributed by atoms with E-state index in [4.69, 9.17) is 9.47 Å². The molecule has 1 atom stereocenters. The molecule has 0 saturated carbocycles. The van der Waals surface area contributed by atoms with E-state index >= 15 is 0 Å². The first-order valence-electron chi connectivity index (χ1n) is 10.6. The molecule has 1 aliphatic heterocycles. The fourth-order valence-electron chi connectivity index (χ4n) is 3.61. The minimum atomic E-state index is -0.278. The van der Waals surface area contributed by atoms with E-state index in [0.717, 1.165) is 5.69 Å². The number of hydrogen-bond acceptors (Lipinski definition) is 5. The van der Waals surface area contributed by atoms with Gasteiger partial charge in [-0.25, -0.2) is 0 Å². The van der Waals surface area contributed by atoms with Crippen LogP contribution in [0, 0.1) is 0 Å². The first kappa shape index (κ1) is 21.4. The Hall–Kier alpha value is -3.80. The van der Waals surface area contributed by atoms with Gasteiger partial charge in [0.15, 0.2) is 17.3 Å². The average Bonchev–Trinajstić information content (AvgIpc) is 2.86. The summed E-state index contributed by atoms with van der Waals surface area (Å²) in [7, 11) is 1.99. The second kappa shape index (κ2) is 9.56. The Bertz CT molecular complexity index is 1110. The summed E-state index contributed by atoms with van der Waals surface area (Å²) in [5, 5.41) is 2.97. The first-order valence-corrected chi connectivity index (χ1v) is 10.6. The van der Waals surface area contributed by atoms with E-state index in [0.29, 0.717) is 47.9 Å². The molecule has 0 radical (unpaired) electrons. The number of amides is 1. The van der Waals surface area contributed by atoms with Crippen LogP contribution in [0.2, 0.25) is 0 Å². The Kier molecular flexibility index (Phi) is 6.40. The number of hydrogen-bond donors (Lipinski definition) is 1. The highest BCUT2D eigenvalue weighted by atomic mass is 16.6. The van der Waals surface area contributed by atoms with Crippen molar-refractivity contribution >= 4 is 17.4 Å². The normalized spacial score (nSPS) is 13.2. The number of para-hydroxylation sites is 1. The van der Waals surface area contributed by atoms with Crippen molar-refractivity contribution in [3.8, 4) is 11.5 Å². The van der Waals surface area contributed by atoms with Crippen LogP contribution in [-0.2, 0) is 0 Å². The molecule has 32 heavy (non-hydrogen) atoms. The minimum absolute atomic E-state index is 0.0713. The van der Waals surface area contributed by atoms with Crippen molar-refractivity contribution in [2.24, 2.45) is 0 Å². The van der Waals surface area contributed by atoms with Crippen molar-refractivity contribution in [3.63, 3.8) is 0 Å². The molecule has 1 aliphatic rings. The summed E-state index contributed by atoms with van der Waals surface area (Å²) in [6, 6.07) is 22.0. The van der Waals surface area contributed by atoms with E-state index in [2.05, 4.69) is 10.2 Å². The largest absolute Gasteiger partial charge is 0.486 e. The van der Waals surface area contributed by atoms with Crippen molar-refractivity contribution in [2.75, 3.05) is 31.7 Å². The quantitative estimate of drug-likeness (QED) is 0.575. The van der Waals surface area contributed by atoms with Crippen molar-refractivity contribution in [3.05, 3.63) is 89.5 Å². The van der Waals surface area contributed by atoms with E-state index in [1.807, 2.05) is 44.3 Å². The van der Waals surface area contributed by atoms with Gasteiger partial charge in [0.25, 0.3) is 5.91 Å². The van der Waals surface area contributed by atoms with Crippen LogP contribution in [0.5, 0.6) is 11.5 Å². The summed E-state index contributed by atoms with van der Waals surface area (Å²) < 4.78 is 11.1. The second-order valence-electron chi connectivity index (χ2n) is 7.74. The molecule has 0 bridgehead atoms. The summed E-state index contributed by atoms with van der Waals surface area (Å²) in [6.07, 6.45) is 0. The van der Waals surface area contributed by atoms with Gasteiger partial charge in [0, 0.05) is 36.4 Å². The van der Waals surface area contributed by atoms with Gasteiger partial charge in [-0.15, -0.1) is 0 Å². The molecule has 1 N–H and O–H groups in total. The van der Waals surface area contributed by atoms with Crippen molar-refractivity contribution in [2.45, 2.75) is 13.0 Å². The molecule has 6 heteroatoms. The lowest BCUT2D eigenvalue weighted by molar-refractivity contribution is 0.0940. The van der Waals surface area contributed by atoms with Gasteiger partial charge < -0.3 is 19.7 Å². The van der Waals surface area contributed by atoms with Crippen LogP contribution in [0.15, 0.2) is 72.8 Å². The van der Waals surface area contributed by atoms with Crippen molar-refractivity contribution < 1.29 is 19.1 Å². The number of fused-ring (bicyclic) bond motifs is 1. The fraction of sp³-hybridized carbons (Fsp3) is 0.231. The molecule has 0 spiro atoms. The number of anilines is 1. The molecular weight excluding hydrogens is 404 g/mol. The van der Waals surface area contributed by atoms with E-state index in [-0.39, 0.29) is 17.7 Å². The Balaban J connectivity index is 1.48. The predicted molar refractivity (Wildman–Crippen MR) is 124 cm³/mol. The van der Waals surface area contributed by atoms with Gasteiger partial charge in [-0.05, 0) is 43.3 Å². The topological polar surface area (TPSA) is 67.9 Å². The molecular formula is C26H26N2O4. The third-order valence-electron chi connectivity index (χ3n) is 5.60. The number of carbonyl (C=O) groups is 2. The van der Waals surface area contributed by atoms with Gasteiger partial charge in [0.05, 0.1) is 5.56 Å². The second-order valence-corrected chi connectivity index (χ2v) is 7.74. The molecule has 1 amide bonds. The van der Waals surface area contributed by atoms with Gasteiger partial charge in [-0.3, -0.25) is 9.59 Å².